The third kappa shape index (κ3) is 1.36. The average Bonchev–Trinajstić information content (AvgIpc) is 2.86. The maximum atomic E-state index is 2.39. The first-order chi connectivity index (χ1) is 8.43. The van der Waals surface area contributed by atoms with Gasteiger partial charge in [-0.3, -0.25) is 0 Å². The first-order valence-electron chi connectivity index (χ1n) is 6.97. The Kier molecular flexibility index (Phi) is 2.05. The Balaban J connectivity index is 2.04. The number of hydrogen-bond donors (Lipinski definition) is 0. The molecule has 0 amide bonds. The minimum Gasteiger partial charge on any atom is -0.0610 e. The molecule has 0 N–H and O–H groups in total. The molecule has 1 atom stereocenters. The molecule has 1 unspecified atom stereocenters. The Labute approximate surface area is 102 Å². The third-order valence-electron chi connectivity index (χ3n) is 4.76. The fraction of sp³-hybridized carbons (Fsp3) is 0.412. The summed E-state index contributed by atoms with van der Waals surface area (Å²) < 4.78 is 0. The van der Waals surface area contributed by atoms with E-state index >= 15 is 0 Å². The lowest BCUT2D eigenvalue weighted by molar-refractivity contribution is 0.463. The summed E-state index contributed by atoms with van der Waals surface area (Å²) in [6.45, 7) is 0. The van der Waals surface area contributed by atoms with E-state index in [0.717, 1.165) is 5.92 Å². The lowest BCUT2D eigenvalue weighted by Gasteiger charge is -2.30. The highest BCUT2D eigenvalue weighted by Crippen LogP contribution is 2.35. The van der Waals surface area contributed by atoms with Gasteiger partial charge in [0.15, 0.2) is 0 Å². The van der Waals surface area contributed by atoms with Crippen molar-refractivity contribution < 1.29 is 0 Å². The predicted octanol–water partition coefficient (Wildman–Crippen LogP) is 2.78. The van der Waals surface area contributed by atoms with Crippen LogP contribution in [-0.2, 0) is 6.42 Å². The highest BCUT2D eigenvalue weighted by Gasteiger charge is 2.24. The Morgan fingerprint density at radius 1 is 1.00 bits per heavy atom. The van der Waals surface area contributed by atoms with Crippen molar-refractivity contribution in [3.63, 3.8) is 0 Å². The van der Waals surface area contributed by atoms with Crippen LogP contribution in [0.5, 0.6) is 0 Å². The van der Waals surface area contributed by atoms with Crippen molar-refractivity contribution in [2.45, 2.75) is 38.5 Å². The zero-order valence-electron chi connectivity index (χ0n) is 10.2. The fourth-order valence-corrected chi connectivity index (χ4v) is 3.92. The lowest BCUT2D eigenvalue weighted by Crippen LogP contribution is -2.29. The van der Waals surface area contributed by atoms with Crippen LogP contribution in [0, 0.1) is 5.92 Å². The molecule has 17 heavy (non-hydrogen) atoms. The first-order valence-corrected chi connectivity index (χ1v) is 6.97. The molecule has 0 spiro atoms. The highest BCUT2D eigenvalue weighted by molar-refractivity contribution is 5.70. The molecule has 0 saturated heterocycles. The van der Waals surface area contributed by atoms with Crippen LogP contribution >= 0.6 is 0 Å². The molecule has 1 aromatic carbocycles. The third-order valence-corrected chi connectivity index (χ3v) is 4.76. The summed E-state index contributed by atoms with van der Waals surface area (Å²) in [5, 5.41) is 3.04. The molecule has 1 aromatic rings. The van der Waals surface area contributed by atoms with E-state index in [1.54, 1.807) is 16.4 Å². The second-order valence-corrected chi connectivity index (χ2v) is 5.63. The number of rotatable bonds is 0. The van der Waals surface area contributed by atoms with Gasteiger partial charge >= 0.3 is 0 Å². The molecule has 0 nitrogen and oxygen atoms in total. The summed E-state index contributed by atoms with van der Waals surface area (Å²) in [5.74, 6) is 0.906. The molecule has 4 rings (SSSR count). The van der Waals surface area contributed by atoms with Crippen LogP contribution in [0.25, 0.3) is 17.7 Å². The molecule has 0 heterocycles. The van der Waals surface area contributed by atoms with Crippen molar-refractivity contribution in [1.82, 2.24) is 0 Å². The van der Waals surface area contributed by atoms with Crippen molar-refractivity contribution in [3.8, 4) is 0 Å². The maximum Gasteiger partial charge on any atom is -0.0146 e. The average molecular weight is 222 g/mol. The van der Waals surface area contributed by atoms with E-state index in [0.29, 0.717) is 0 Å². The fourth-order valence-electron chi connectivity index (χ4n) is 3.92. The quantitative estimate of drug-likeness (QED) is 0.633. The van der Waals surface area contributed by atoms with E-state index in [1.807, 2.05) is 0 Å². The Hall–Kier alpha value is -1.30. The smallest absolute Gasteiger partial charge is 0.0146 e. The molecule has 0 aromatic heterocycles. The van der Waals surface area contributed by atoms with Gasteiger partial charge < -0.3 is 0 Å². The number of allylic oxidation sites excluding steroid dienone is 1. The molecule has 86 valence electrons. The van der Waals surface area contributed by atoms with Crippen LogP contribution in [0.2, 0.25) is 0 Å². The van der Waals surface area contributed by atoms with Crippen LogP contribution in [0.4, 0.5) is 0 Å². The Morgan fingerprint density at radius 3 is 3.00 bits per heavy atom. The second kappa shape index (κ2) is 3.60. The zero-order chi connectivity index (χ0) is 11.2. The van der Waals surface area contributed by atoms with Crippen molar-refractivity contribution >= 4 is 17.7 Å². The van der Waals surface area contributed by atoms with Gasteiger partial charge in [-0.2, -0.15) is 0 Å². The van der Waals surface area contributed by atoms with Gasteiger partial charge in [-0.25, -0.2) is 0 Å². The molecule has 1 saturated carbocycles. The van der Waals surface area contributed by atoms with E-state index in [1.165, 1.54) is 49.3 Å². The van der Waals surface area contributed by atoms with Gasteiger partial charge in [-0.15, -0.1) is 0 Å². The van der Waals surface area contributed by atoms with Gasteiger partial charge in [0.2, 0.25) is 0 Å². The Morgan fingerprint density at radius 2 is 2.00 bits per heavy atom. The normalized spacial score (nSPS) is 24.9. The van der Waals surface area contributed by atoms with Crippen molar-refractivity contribution in [1.29, 1.82) is 0 Å². The van der Waals surface area contributed by atoms with Crippen molar-refractivity contribution in [3.05, 3.63) is 39.8 Å². The topological polar surface area (TPSA) is 0 Å². The van der Waals surface area contributed by atoms with E-state index in [9.17, 15) is 0 Å². The summed E-state index contributed by atoms with van der Waals surface area (Å²) in [4.78, 5) is 0. The molecule has 0 heteroatoms. The van der Waals surface area contributed by atoms with E-state index < -0.39 is 0 Å². The van der Waals surface area contributed by atoms with Gasteiger partial charge in [0, 0.05) is 0 Å². The monoisotopic (exact) mass is 222 g/mol. The Bertz CT molecular complexity index is 616. The molecule has 3 aliphatic carbocycles. The molecular weight excluding hydrogens is 204 g/mol. The van der Waals surface area contributed by atoms with E-state index in [-0.39, 0.29) is 0 Å². The summed E-state index contributed by atoms with van der Waals surface area (Å²) in [5.41, 5.74) is 4.93. The van der Waals surface area contributed by atoms with Gasteiger partial charge in [0.25, 0.3) is 0 Å². The second-order valence-electron chi connectivity index (χ2n) is 5.63. The minimum atomic E-state index is 0.906. The minimum absolute atomic E-state index is 0.906. The summed E-state index contributed by atoms with van der Waals surface area (Å²) in [6.07, 6.45) is 15.1. The number of hydrogen-bond acceptors (Lipinski definition) is 0. The van der Waals surface area contributed by atoms with Crippen molar-refractivity contribution in [2.75, 3.05) is 0 Å². The molecule has 3 aliphatic rings. The SMILES string of the molecule is C1=Cc2c3c(ccc2=C1)=C1CCCCC1CC3. The molecule has 1 fully saturated rings. The summed E-state index contributed by atoms with van der Waals surface area (Å²) >= 11 is 0. The standard InChI is InChI=1S/C17H18/c1-2-6-14-12(4-1)8-10-17-15-7-3-5-13(15)9-11-16(14)17/h3,5,7,9,11-12H,1-2,4,6,8,10H2. The summed E-state index contributed by atoms with van der Waals surface area (Å²) in [7, 11) is 0. The molecular formula is C17H18. The first kappa shape index (κ1) is 9.70. The van der Waals surface area contributed by atoms with E-state index in [4.69, 9.17) is 0 Å². The van der Waals surface area contributed by atoms with Crippen LogP contribution in [0.15, 0.2) is 18.2 Å². The summed E-state index contributed by atoms with van der Waals surface area (Å²) in [6, 6.07) is 4.71. The van der Waals surface area contributed by atoms with E-state index in [2.05, 4.69) is 30.4 Å². The van der Waals surface area contributed by atoms with Gasteiger partial charge in [0.05, 0.1) is 0 Å². The van der Waals surface area contributed by atoms with Crippen LogP contribution < -0.4 is 10.4 Å². The van der Waals surface area contributed by atoms with Crippen LogP contribution in [-0.4, -0.2) is 0 Å². The van der Waals surface area contributed by atoms with Crippen LogP contribution in [0.3, 0.4) is 0 Å². The van der Waals surface area contributed by atoms with Gasteiger partial charge in [0.1, 0.15) is 0 Å². The number of fused-ring (bicyclic) bond motifs is 4. The zero-order valence-corrected chi connectivity index (χ0v) is 10.2. The largest absolute Gasteiger partial charge is 0.0610 e. The lowest BCUT2D eigenvalue weighted by atomic mass is 9.75. The molecule has 0 bridgehead atoms. The maximum absolute atomic E-state index is 2.39. The van der Waals surface area contributed by atoms with Gasteiger partial charge in [-0.1, -0.05) is 42.4 Å². The number of benzene rings is 1. The predicted molar refractivity (Wildman–Crippen MR) is 72.9 cm³/mol. The van der Waals surface area contributed by atoms with Gasteiger partial charge in [-0.05, 0) is 59.6 Å². The highest BCUT2D eigenvalue weighted by atomic mass is 14.3. The molecule has 0 radical (unpaired) electrons. The van der Waals surface area contributed by atoms with Crippen LogP contribution in [0.1, 0.15) is 43.2 Å². The van der Waals surface area contributed by atoms with Crippen molar-refractivity contribution in [2.24, 2.45) is 5.92 Å². The molecule has 0 aliphatic heterocycles.